The predicted molar refractivity (Wildman–Crippen MR) is 154 cm³/mol. The fraction of sp³-hybridized carbons (Fsp3) is 0.586. The molecule has 0 saturated heterocycles. The van der Waals surface area contributed by atoms with Gasteiger partial charge >= 0.3 is 6.47 Å². The Hall–Kier alpha value is -3.63. The van der Waals surface area contributed by atoms with E-state index in [1.165, 1.54) is 44.7 Å². The smallest absolute Gasteiger partial charge is 0.323 e. The van der Waals surface area contributed by atoms with Crippen molar-refractivity contribution < 1.29 is 14.0 Å². The molecule has 0 spiro atoms. The second-order valence-corrected chi connectivity index (χ2v) is 11.4. The topological polar surface area (TPSA) is 133 Å². The number of nitrogens with one attached hydrogen (secondary N) is 1. The molecule has 40 heavy (non-hydrogen) atoms. The van der Waals surface area contributed by atoms with Gasteiger partial charge in [0.2, 0.25) is 11.7 Å². The largest absolute Gasteiger partial charge is 0.378 e. The summed E-state index contributed by atoms with van der Waals surface area (Å²) in [5, 5.41) is 6.98. The third-order valence-electron chi connectivity index (χ3n) is 8.00. The lowest BCUT2D eigenvalue weighted by Crippen LogP contribution is -2.31. The van der Waals surface area contributed by atoms with Crippen LogP contribution in [-0.4, -0.2) is 42.9 Å². The summed E-state index contributed by atoms with van der Waals surface area (Å²) in [7, 11) is 1.83. The number of carbonyl (C=O) groups is 1. The summed E-state index contributed by atoms with van der Waals surface area (Å²) < 4.78 is 16.0. The standard InChI is InChI=1S/C22H27FN8O2.C7H14/c1-11(2)14-8-16(25-9-15(14)23)22-29-20-17(31(22)4)19(26-12(3)13-6-5-7-13)27-21(28-20)18(24)30-33-10-32;1-7-5-3-2-4-6-7/h8-13H,5-7H2,1-4H3,(H2,24,30)(H,26,27,28);7H,2-6H2,1H3. The Morgan fingerprint density at radius 1 is 1.15 bits per heavy atom. The first-order valence-electron chi connectivity index (χ1n) is 14.3. The molecule has 3 N–H and O–H groups in total. The first-order chi connectivity index (χ1) is 19.2. The van der Waals surface area contributed by atoms with Crippen LogP contribution in [-0.2, 0) is 16.7 Å². The SMILES string of the molecule is CC(C)c1cc(-c2nc3nc(/C(N)=N/OC=O)nc(NC(C)C4CCC4)c3n2C)ncc1F.CC1CCCCC1. The molecule has 3 aromatic rings. The van der Waals surface area contributed by atoms with E-state index in [0.29, 0.717) is 40.0 Å². The summed E-state index contributed by atoms with van der Waals surface area (Å²) in [4.78, 5) is 32.8. The Morgan fingerprint density at radius 2 is 1.88 bits per heavy atom. The van der Waals surface area contributed by atoms with Crippen molar-refractivity contribution in [2.45, 2.75) is 91.0 Å². The van der Waals surface area contributed by atoms with Crippen molar-refractivity contribution in [1.82, 2.24) is 24.5 Å². The van der Waals surface area contributed by atoms with E-state index in [9.17, 15) is 9.18 Å². The third-order valence-corrected chi connectivity index (χ3v) is 8.00. The third kappa shape index (κ3) is 6.74. The van der Waals surface area contributed by atoms with Gasteiger partial charge in [-0.25, -0.2) is 24.3 Å². The number of hydrogen-bond acceptors (Lipinski definition) is 8. The van der Waals surface area contributed by atoms with Gasteiger partial charge < -0.3 is 20.5 Å². The van der Waals surface area contributed by atoms with E-state index in [1.807, 2.05) is 25.5 Å². The van der Waals surface area contributed by atoms with E-state index in [2.05, 4.69) is 49.1 Å². The normalized spacial score (nSPS) is 17.2. The summed E-state index contributed by atoms with van der Waals surface area (Å²) >= 11 is 0. The molecule has 2 aliphatic carbocycles. The minimum atomic E-state index is -0.356. The van der Waals surface area contributed by atoms with Crippen molar-refractivity contribution in [3.05, 3.63) is 29.5 Å². The lowest BCUT2D eigenvalue weighted by atomic mass is 9.80. The number of aromatic nitrogens is 5. The van der Waals surface area contributed by atoms with Crippen molar-refractivity contribution >= 4 is 29.3 Å². The van der Waals surface area contributed by atoms with Crippen LogP contribution in [0.1, 0.15) is 96.4 Å². The maximum absolute atomic E-state index is 14.2. The minimum Gasteiger partial charge on any atom is -0.378 e. The van der Waals surface area contributed by atoms with E-state index in [0.717, 1.165) is 18.8 Å². The van der Waals surface area contributed by atoms with Crippen molar-refractivity contribution in [2.75, 3.05) is 5.32 Å². The summed E-state index contributed by atoms with van der Waals surface area (Å²) in [6.45, 7) is 8.47. The van der Waals surface area contributed by atoms with E-state index in [-0.39, 0.29) is 35.9 Å². The van der Waals surface area contributed by atoms with E-state index < -0.39 is 0 Å². The first-order valence-corrected chi connectivity index (χ1v) is 14.3. The molecular formula is C29H41FN8O2. The summed E-state index contributed by atoms with van der Waals surface area (Å²) in [5.74, 6) is 2.18. The number of rotatable bonds is 8. The quantitative estimate of drug-likeness (QED) is 0.120. The van der Waals surface area contributed by atoms with Crippen molar-refractivity contribution in [2.24, 2.45) is 29.8 Å². The van der Waals surface area contributed by atoms with Gasteiger partial charge in [-0.2, -0.15) is 0 Å². The number of aryl methyl sites for hydroxylation is 1. The van der Waals surface area contributed by atoms with Crippen LogP contribution < -0.4 is 11.1 Å². The Morgan fingerprint density at radius 3 is 2.45 bits per heavy atom. The number of imidazole rings is 1. The number of halogens is 1. The number of pyridine rings is 1. The maximum Gasteiger partial charge on any atom is 0.323 e. The van der Waals surface area contributed by atoms with Gasteiger partial charge in [-0.1, -0.05) is 64.5 Å². The second kappa shape index (κ2) is 13.1. The van der Waals surface area contributed by atoms with Gasteiger partial charge in [0.05, 0.1) is 6.20 Å². The second-order valence-electron chi connectivity index (χ2n) is 11.4. The van der Waals surface area contributed by atoms with Crippen LogP contribution in [0.5, 0.6) is 0 Å². The highest BCUT2D eigenvalue weighted by Gasteiger charge is 2.27. The van der Waals surface area contributed by atoms with Gasteiger partial charge in [0.15, 0.2) is 17.3 Å². The molecule has 1 unspecified atom stereocenters. The molecular weight excluding hydrogens is 511 g/mol. The molecule has 10 nitrogen and oxygen atoms in total. The number of fused-ring (bicyclic) bond motifs is 1. The Labute approximate surface area is 235 Å². The van der Waals surface area contributed by atoms with Crippen LogP contribution in [0.15, 0.2) is 17.4 Å². The first kappa shape index (κ1) is 29.4. The molecule has 0 bridgehead atoms. The zero-order valence-electron chi connectivity index (χ0n) is 24.2. The van der Waals surface area contributed by atoms with Gasteiger partial charge in [0.25, 0.3) is 0 Å². The number of hydrogen-bond donors (Lipinski definition) is 2. The summed E-state index contributed by atoms with van der Waals surface area (Å²) in [6, 6.07) is 1.87. The summed E-state index contributed by atoms with van der Waals surface area (Å²) in [6.07, 6.45) is 12.2. The molecule has 0 aliphatic heterocycles. The molecule has 2 fully saturated rings. The van der Waals surface area contributed by atoms with Crippen LogP contribution in [0.2, 0.25) is 0 Å². The molecule has 2 aliphatic rings. The Bertz CT molecular complexity index is 1350. The monoisotopic (exact) mass is 552 g/mol. The maximum atomic E-state index is 14.2. The fourth-order valence-electron chi connectivity index (χ4n) is 5.27. The van der Waals surface area contributed by atoms with Gasteiger partial charge in [-0.3, -0.25) is 4.79 Å². The van der Waals surface area contributed by atoms with Gasteiger partial charge in [0.1, 0.15) is 17.0 Å². The van der Waals surface area contributed by atoms with Crippen LogP contribution in [0.25, 0.3) is 22.7 Å². The van der Waals surface area contributed by atoms with Gasteiger partial charge in [-0.05, 0) is 49.1 Å². The molecule has 0 radical (unpaired) electrons. The molecule has 5 rings (SSSR count). The molecule has 3 heterocycles. The lowest BCUT2D eigenvalue weighted by Gasteiger charge is -2.32. The van der Waals surface area contributed by atoms with Crippen molar-refractivity contribution in [1.29, 1.82) is 0 Å². The number of nitrogens with zero attached hydrogens (tertiary/aromatic N) is 6. The lowest BCUT2D eigenvalue weighted by molar-refractivity contribution is -0.128. The predicted octanol–water partition coefficient (Wildman–Crippen LogP) is 5.67. The Kier molecular flexibility index (Phi) is 9.65. The average molecular weight is 553 g/mol. The highest BCUT2D eigenvalue weighted by molar-refractivity contribution is 5.97. The summed E-state index contributed by atoms with van der Waals surface area (Å²) in [5.41, 5.74) is 8.01. The van der Waals surface area contributed by atoms with Crippen LogP contribution in [0, 0.1) is 17.7 Å². The number of anilines is 1. The molecule has 2 saturated carbocycles. The Balaban J connectivity index is 0.000000461. The van der Waals surface area contributed by atoms with Crippen LogP contribution >= 0.6 is 0 Å². The van der Waals surface area contributed by atoms with Crippen LogP contribution in [0.4, 0.5) is 10.2 Å². The highest BCUT2D eigenvalue weighted by atomic mass is 19.1. The molecule has 0 amide bonds. The van der Waals surface area contributed by atoms with E-state index >= 15 is 0 Å². The van der Waals surface area contributed by atoms with Gasteiger partial charge in [0, 0.05) is 13.1 Å². The molecule has 3 aromatic heterocycles. The zero-order valence-corrected chi connectivity index (χ0v) is 24.2. The number of carbonyl (C=O) groups excluding carboxylic acids is 1. The molecule has 11 heteroatoms. The highest BCUT2D eigenvalue weighted by Crippen LogP contribution is 2.33. The molecule has 216 valence electrons. The number of oxime groups is 1. The van der Waals surface area contributed by atoms with E-state index in [1.54, 1.807) is 6.07 Å². The minimum absolute atomic E-state index is 0.0118. The van der Waals surface area contributed by atoms with Crippen molar-refractivity contribution in [3.8, 4) is 11.5 Å². The number of nitrogens with two attached hydrogens (primary N) is 1. The molecule has 1 atom stereocenters. The fourth-order valence-corrected chi connectivity index (χ4v) is 5.27. The van der Waals surface area contributed by atoms with Crippen LogP contribution in [0.3, 0.4) is 0 Å². The zero-order chi connectivity index (χ0) is 28.8. The van der Waals surface area contributed by atoms with E-state index in [4.69, 9.17) is 5.73 Å². The average Bonchev–Trinajstić information content (AvgIpc) is 3.23. The molecule has 0 aromatic carbocycles. The van der Waals surface area contributed by atoms with Crippen molar-refractivity contribution in [3.63, 3.8) is 0 Å². The number of amidine groups is 1. The van der Waals surface area contributed by atoms with Gasteiger partial charge in [-0.15, -0.1) is 0 Å².